The van der Waals surface area contributed by atoms with Gasteiger partial charge >= 0.3 is 5.97 Å². The van der Waals surface area contributed by atoms with Gasteiger partial charge in [0.15, 0.2) is 6.61 Å². The monoisotopic (exact) mass is 455 g/mol. The molecule has 0 spiro atoms. The number of aryl methyl sites for hydroxylation is 1. The Labute approximate surface area is 197 Å². The quantitative estimate of drug-likeness (QED) is 0.507. The summed E-state index contributed by atoms with van der Waals surface area (Å²) in [5.41, 5.74) is 3.49. The number of phenols is 1. The first-order valence-corrected chi connectivity index (χ1v) is 11.3. The number of phenolic OH excluding ortho intramolecular Hbond substituents is 1. The Bertz CT molecular complexity index is 930. The fourth-order valence-electron chi connectivity index (χ4n) is 3.57. The molecule has 0 atom stereocenters. The molecule has 0 unspecified atom stereocenters. The average Bonchev–Trinajstić information content (AvgIpc) is 2.70. The zero-order chi connectivity index (χ0) is 24.8. The number of hydrogen-bond acceptors (Lipinski definition) is 4. The van der Waals surface area contributed by atoms with E-state index in [4.69, 9.17) is 9.84 Å². The molecule has 0 saturated heterocycles. The van der Waals surface area contributed by atoms with Crippen LogP contribution in [0.1, 0.15) is 70.2 Å². The van der Waals surface area contributed by atoms with Crippen molar-refractivity contribution in [3.8, 4) is 11.5 Å². The third-order valence-electron chi connectivity index (χ3n) is 5.45. The molecule has 0 aliphatic heterocycles. The molecule has 0 fully saturated rings. The molecule has 6 nitrogen and oxygen atoms in total. The number of aliphatic carboxylic acids is 1. The number of hydrogen-bond donors (Lipinski definition) is 3. The van der Waals surface area contributed by atoms with Crippen LogP contribution in [0.5, 0.6) is 11.5 Å². The number of carboxylic acid groups (broad SMARTS) is 1. The standard InChI is InChI=1S/C27H37NO5/c1-26(2,3)21-15-19(16-22(25(21)32)27(4,5)6)9-12-23(29)28-14-13-18-7-10-20(11-8-18)33-17-24(30)31/h7-8,10-11,15-16,32H,9,12-14,17H2,1-6H3,(H,28,29)(H,30,31). The van der Waals surface area contributed by atoms with Crippen molar-refractivity contribution in [1.82, 2.24) is 5.32 Å². The summed E-state index contributed by atoms with van der Waals surface area (Å²) in [7, 11) is 0. The van der Waals surface area contributed by atoms with Gasteiger partial charge in [-0.15, -0.1) is 0 Å². The maximum absolute atomic E-state index is 12.4. The van der Waals surface area contributed by atoms with Crippen LogP contribution in [0.2, 0.25) is 0 Å². The Hall–Kier alpha value is -3.02. The number of rotatable bonds is 9. The van der Waals surface area contributed by atoms with E-state index in [0.29, 0.717) is 37.3 Å². The third-order valence-corrected chi connectivity index (χ3v) is 5.45. The minimum Gasteiger partial charge on any atom is -0.507 e. The molecule has 0 radical (unpaired) electrons. The van der Waals surface area contributed by atoms with E-state index in [-0.39, 0.29) is 23.3 Å². The molecule has 0 saturated carbocycles. The van der Waals surface area contributed by atoms with Crippen LogP contribution >= 0.6 is 0 Å². The summed E-state index contributed by atoms with van der Waals surface area (Å²) in [6, 6.07) is 11.2. The van der Waals surface area contributed by atoms with Crippen LogP contribution in [-0.4, -0.2) is 35.2 Å². The van der Waals surface area contributed by atoms with E-state index in [9.17, 15) is 14.7 Å². The summed E-state index contributed by atoms with van der Waals surface area (Å²) in [6.07, 6.45) is 1.65. The second-order valence-electron chi connectivity index (χ2n) is 10.5. The normalized spacial score (nSPS) is 11.8. The summed E-state index contributed by atoms with van der Waals surface area (Å²) >= 11 is 0. The second-order valence-corrected chi connectivity index (χ2v) is 10.5. The number of ether oxygens (including phenoxy) is 1. The predicted octanol–water partition coefficient (Wildman–Crippen LogP) is 4.74. The minimum absolute atomic E-state index is 0.0147. The topological polar surface area (TPSA) is 95.9 Å². The van der Waals surface area contributed by atoms with Gasteiger partial charge in [0.2, 0.25) is 5.91 Å². The lowest BCUT2D eigenvalue weighted by molar-refractivity contribution is -0.139. The predicted molar refractivity (Wildman–Crippen MR) is 130 cm³/mol. The van der Waals surface area contributed by atoms with Gasteiger partial charge in [0, 0.05) is 13.0 Å². The van der Waals surface area contributed by atoms with Crippen molar-refractivity contribution in [3.05, 3.63) is 58.7 Å². The number of carbonyl (C=O) groups is 2. The molecule has 2 aromatic rings. The maximum Gasteiger partial charge on any atom is 0.341 e. The van der Waals surface area contributed by atoms with E-state index in [1.54, 1.807) is 12.1 Å². The van der Waals surface area contributed by atoms with Crippen molar-refractivity contribution in [2.75, 3.05) is 13.2 Å². The van der Waals surface area contributed by atoms with E-state index in [1.165, 1.54) is 0 Å². The largest absolute Gasteiger partial charge is 0.507 e. The number of nitrogens with one attached hydrogen (secondary N) is 1. The van der Waals surface area contributed by atoms with Crippen LogP contribution in [0.25, 0.3) is 0 Å². The highest BCUT2D eigenvalue weighted by Gasteiger charge is 2.26. The first kappa shape index (κ1) is 26.2. The van der Waals surface area contributed by atoms with Gasteiger partial charge in [-0.25, -0.2) is 4.79 Å². The van der Waals surface area contributed by atoms with E-state index in [1.807, 2.05) is 24.3 Å². The second kappa shape index (κ2) is 10.7. The highest BCUT2D eigenvalue weighted by Crippen LogP contribution is 2.39. The first-order chi connectivity index (χ1) is 15.3. The smallest absolute Gasteiger partial charge is 0.341 e. The molecule has 2 aromatic carbocycles. The van der Waals surface area contributed by atoms with Gasteiger partial charge in [-0.05, 0) is 58.1 Å². The molecule has 0 heterocycles. The van der Waals surface area contributed by atoms with Crippen molar-refractivity contribution in [2.45, 2.75) is 71.6 Å². The summed E-state index contributed by atoms with van der Waals surface area (Å²) in [5, 5.41) is 22.5. The zero-order valence-corrected chi connectivity index (χ0v) is 20.6. The van der Waals surface area contributed by atoms with Crippen LogP contribution in [0.3, 0.4) is 0 Å². The van der Waals surface area contributed by atoms with Gasteiger partial charge < -0.3 is 20.3 Å². The fraction of sp³-hybridized carbons (Fsp3) is 0.481. The van der Waals surface area contributed by atoms with Crippen molar-refractivity contribution >= 4 is 11.9 Å². The Morgan fingerprint density at radius 1 is 0.879 bits per heavy atom. The van der Waals surface area contributed by atoms with E-state index in [0.717, 1.165) is 22.3 Å². The molecule has 0 aliphatic carbocycles. The van der Waals surface area contributed by atoms with Crippen LogP contribution in [-0.2, 0) is 33.3 Å². The Kier molecular flexibility index (Phi) is 8.53. The number of carboxylic acids is 1. The number of amides is 1. The lowest BCUT2D eigenvalue weighted by Gasteiger charge is -2.28. The lowest BCUT2D eigenvalue weighted by Crippen LogP contribution is -2.26. The Morgan fingerprint density at radius 3 is 1.91 bits per heavy atom. The van der Waals surface area contributed by atoms with Gasteiger partial charge in [-0.3, -0.25) is 4.79 Å². The van der Waals surface area contributed by atoms with Crippen LogP contribution in [0, 0.1) is 0 Å². The van der Waals surface area contributed by atoms with Gasteiger partial charge in [-0.1, -0.05) is 65.8 Å². The minimum atomic E-state index is -1.02. The molecule has 0 aromatic heterocycles. The summed E-state index contributed by atoms with van der Waals surface area (Å²) < 4.78 is 5.12. The number of carbonyl (C=O) groups excluding carboxylic acids is 1. The van der Waals surface area contributed by atoms with Crippen LogP contribution in [0.15, 0.2) is 36.4 Å². The Morgan fingerprint density at radius 2 is 1.42 bits per heavy atom. The van der Waals surface area contributed by atoms with Gasteiger partial charge in [0.1, 0.15) is 11.5 Å². The molecule has 6 heteroatoms. The highest BCUT2D eigenvalue weighted by molar-refractivity contribution is 5.76. The van der Waals surface area contributed by atoms with E-state index >= 15 is 0 Å². The molecular formula is C27H37NO5. The lowest BCUT2D eigenvalue weighted by atomic mass is 9.78. The molecule has 33 heavy (non-hydrogen) atoms. The van der Waals surface area contributed by atoms with Crippen molar-refractivity contribution in [3.63, 3.8) is 0 Å². The zero-order valence-electron chi connectivity index (χ0n) is 20.6. The highest BCUT2D eigenvalue weighted by atomic mass is 16.5. The molecule has 3 N–H and O–H groups in total. The van der Waals surface area contributed by atoms with E-state index in [2.05, 4.69) is 46.9 Å². The Balaban J connectivity index is 1.92. The maximum atomic E-state index is 12.4. The molecule has 0 bridgehead atoms. The van der Waals surface area contributed by atoms with Gasteiger partial charge in [0.05, 0.1) is 0 Å². The summed E-state index contributed by atoms with van der Waals surface area (Å²) in [6.45, 7) is 12.6. The van der Waals surface area contributed by atoms with Crippen LogP contribution in [0.4, 0.5) is 0 Å². The number of benzene rings is 2. The van der Waals surface area contributed by atoms with Crippen molar-refractivity contribution in [2.24, 2.45) is 0 Å². The molecule has 1 amide bonds. The van der Waals surface area contributed by atoms with Crippen molar-refractivity contribution in [1.29, 1.82) is 0 Å². The fourth-order valence-corrected chi connectivity index (χ4v) is 3.57. The molecule has 0 aliphatic rings. The molecule has 2 rings (SSSR count). The van der Waals surface area contributed by atoms with Gasteiger partial charge in [0.25, 0.3) is 0 Å². The third kappa shape index (κ3) is 8.12. The van der Waals surface area contributed by atoms with Crippen LogP contribution < -0.4 is 10.1 Å². The van der Waals surface area contributed by atoms with Gasteiger partial charge in [-0.2, -0.15) is 0 Å². The van der Waals surface area contributed by atoms with Crippen molar-refractivity contribution < 1.29 is 24.5 Å². The SMILES string of the molecule is CC(C)(C)c1cc(CCC(=O)NCCc2ccc(OCC(=O)O)cc2)cc(C(C)(C)C)c1O. The first-order valence-electron chi connectivity index (χ1n) is 11.3. The van der Waals surface area contributed by atoms with E-state index < -0.39 is 5.97 Å². The summed E-state index contributed by atoms with van der Waals surface area (Å²) in [4.78, 5) is 23.0. The summed E-state index contributed by atoms with van der Waals surface area (Å²) in [5.74, 6) is -0.177. The molecular weight excluding hydrogens is 418 g/mol. The average molecular weight is 456 g/mol. The number of aromatic hydroxyl groups is 1. The molecule has 180 valence electrons.